The molecule has 1 N–H and O–H groups in total. The lowest BCUT2D eigenvalue weighted by Crippen LogP contribution is -2.41. The van der Waals surface area contributed by atoms with Crippen LogP contribution in [0.4, 0.5) is 16.2 Å². The molecule has 0 fully saturated rings. The maximum absolute atomic E-state index is 12.5. The fourth-order valence-corrected chi connectivity index (χ4v) is 3.36. The molecule has 0 saturated heterocycles. The zero-order valence-electron chi connectivity index (χ0n) is 16.8. The molecule has 0 radical (unpaired) electrons. The fraction of sp³-hybridized carbons (Fsp3) is 0.286. The van der Waals surface area contributed by atoms with E-state index in [0.717, 1.165) is 22.2 Å². The molecule has 1 aliphatic heterocycles. The molecule has 0 spiro atoms. The average molecular weight is 410 g/mol. The number of amides is 4. The number of non-ortho nitro benzene ring substituents is 1. The first-order valence-electron chi connectivity index (χ1n) is 9.60. The summed E-state index contributed by atoms with van der Waals surface area (Å²) in [4.78, 5) is 50.3. The Kier molecular flexibility index (Phi) is 6.10. The lowest BCUT2D eigenvalue weighted by atomic mass is 10.1. The number of rotatable bonds is 7. The number of nitro benzene ring substituents is 1. The Morgan fingerprint density at radius 1 is 1.13 bits per heavy atom. The molecule has 9 nitrogen and oxygen atoms in total. The van der Waals surface area contributed by atoms with E-state index in [2.05, 4.69) is 5.32 Å². The molecule has 1 aliphatic rings. The molecular weight excluding hydrogens is 388 g/mol. The standard InChI is InChI=1S/C21H22N4O5/c1-3-23(15-7-4-6-14(2)12-15)21(28)22-10-5-11-24-19(26)17-9-8-16(25(29)30)13-18(17)20(24)27/h4,6-9,12-13H,3,5,10-11H2,1-2H3,(H,22,28). The van der Waals surface area contributed by atoms with Gasteiger partial charge in [-0.2, -0.15) is 0 Å². The van der Waals surface area contributed by atoms with Crippen molar-refractivity contribution in [3.63, 3.8) is 0 Å². The van der Waals surface area contributed by atoms with Gasteiger partial charge in [-0.15, -0.1) is 0 Å². The molecule has 0 unspecified atom stereocenters. The number of benzene rings is 2. The van der Waals surface area contributed by atoms with Crippen LogP contribution in [0.2, 0.25) is 0 Å². The van der Waals surface area contributed by atoms with Gasteiger partial charge in [-0.1, -0.05) is 12.1 Å². The highest BCUT2D eigenvalue weighted by Crippen LogP contribution is 2.26. The van der Waals surface area contributed by atoms with Gasteiger partial charge in [0.25, 0.3) is 17.5 Å². The first kappa shape index (κ1) is 21.0. The van der Waals surface area contributed by atoms with E-state index in [1.165, 1.54) is 12.1 Å². The zero-order valence-corrected chi connectivity index (χ0v) is 16.8. The van der Waals surface area contributed by atoms with Crippen LogP contribution in [0.5, 0.6) is 0 Å². The maximum Gasteiger partial charge on any atom is 0.321 e. The Bertz CT molecular complexity index is 1020. The van der Waals surface area contributed by atoms with E-state index in [-0.39, 0.29) is 35.9 Å². The molecule has 2 aromatic carbocycles. The average Bonchev–Trinajstić information content (AvgIpc) is 2.96. The van der Waals surface area contributed by atoms with Gasteiger partial charge in [0.05, 0.1) is 16.1 Å². The van der Waals surface area contributed by atoms with Crippen LogP contribution in [0.1, 0.15) is 39.6 Å². The van der Waals surface area contributed by atoms with Gasteiger partial charge in [0, 0.05) is 37.5 Å². The van der Waals surface area contributed by atoms with Gasteiger partial charge in [0.1, 0.15) is 0 Å². The molecule has 2 aromatic rings. The van der Waals surface area contributed by atoms with Crippen LogP contribution in [0.3, 0.4) is 0 Å². The van der Waals surface area contributed by atoms with Crippen molar-refractivity contribution in [3.8, 4) is 0 Å². The number of hydrogen-bond acceptors (Lipinski definition) is 5. The van der Waals surface area contributed by atoms with E-state index in [9.17, 15) is 24.5 Å². The quantitative estimate of drug-likeness (QED) is 0.326. The Labute approximate surface area is 173 Å². The summed E-state index contributed by atoms with van der Waals surface area (Å²) in [7, 11) is 0. The summed E-state index contributed by atoms with van der Waals surface area (Å²) < 4.78 is 0. The van der Waals surface area contributed by atoms with Crippen molar-refractivity contribution in [1.29, 1.82) is 0 Å². The van der Waals surface area contributed by atoms with E-state index >= 15 is 0 Å². The van der Waals surface area contributed by atoms with Gasteiger partial charge in [-0.3, -0.25) is 29.5 Å². The Morgan fingerprint density at radius 2 is 1.87 bits per heavy atom. The second-order valence-corrected chi connectivity index (χ2v) is 6.92. The summed E-state index contributed by atoms with van der Waals surface area (Å²) in [6.07, 6.45) is 0.366. The van der Waals surface area contributed by atoms with Crippen molar-refractivity contribution >= 4 is 29.2 Å². The van der Waals surface area contributed by atoms with Crippen molar-refractivity contribution in [2.45, 2.75) is 20.3 Å². The topological polar surface area (TPSA) is 113 Å². The van der Waals surface area contributed by atoms with Gasteiger partial charge in [-0.25, -0.2) is 4.79 Å². The fourth-order valence-electron chi connectivity index (χ4n) is 3.36. The third-order valence-electron chi connectivity index (χ3n) is 4.87. The molecule has 0 atom stereocenters. The van der Waals surface area contributed by atoms with Crippen molar-refractivity contribution in [3.05, 3.63) is 69.3 Å². The summed E-state index contributed by atoms with van der Waals surface area (Å²) >= 11 is 0. The number of fused-ring (bicyclic) bond motifs is 1. The molecule has 4 amide bonds. The number of nitro groups is 1. The minimum atomic E-state index is -0.607. The molecule has 0 bridgehead atoms. The smallest absolute Gasteiger partial charge is 0.321 e. The summed E-state index contributed by atoms with van der Waals surface area (Å²) in [5, 5.41) is 13.7. The normalized spacial score (nSPS) is 12.7. The molecular formula is C21H22N4O5. The van der Waals surface area contributed by atoms with E-state index in [0.29, 0.717) is 13.0 Å². The Balaban J connectivity index is 1.56. The third kappa shape index (κ3) is 4.14. The number of imide groups is 1. The summed E-state index contributed by atoms with van der Waals surface area (Å²) in [5.74, 6) is -1.04. The van der Waals surface area contributed by atoms with Gasteiger partial charge >= 0.3 is 6.03 Å². The largest absolute Gasteiger partial charge is 0.338 e. The minimum absolute atomic E-state index is 0.0369. The number of carbonyl (C=O) groups excluding carboxylic acids is 3. The number of aryl methyl sites for hydroxylation is 1. The Morgan fingerprint density at radius 3 is 2.53 bits per heavy atom. The predicted molar refractivity (Wildman–Crippen MR) is 111 cm³/mol. The number of urea groups is 1. The van der Waals surface area contributed by atoms with Gasteiger partial charge < -0.3 is 5.32 Å². The lowest BCUT2D eigenvalue weighted by molar-refractivity contribution is -0.384. The second-order valence-electron chi connectivity index (χ2n) is 6.92. The zero-order chi connectivity index (χ0) is 21.8. The van der Waals surface area contributed by atoms with E-state index < -0.39 is 16.7 Å². The number of carbonyl (C=O) groups is 3. The van der Waals surface area contributed by atoms with Crippen molar-refractivity contribution in [1.82, 2.24) is 10.2 Å². The van der Waals surface area contributed by atoms with Crippen LogP contribution in [-0.4, -0.2) is 47.3 Å². The van der Waals surface area contributed by atoms with Gasteiger partial charge in [0.2, 0.25) is 0 Å². The SMILES string of the molecule is CCN(C(=O)NCCCN1C(=O)c2ccc([N+](=O)[O-])cc2C1=O)c1cccc(C)c1. The number of hydrogen-bond donors (Lipinski definition) is 1. The summed E-state index contributed by atoms with van der Waals surface area (Å²) in [5.41, 5.74) is 1.79. The summed E-state index contributed by atoms with van der Waals surface area (Å²) in [6, 6.07) is 11.0. The highest BCUT2D eigenvalue weighted by Gasteiger charge is 2.36. The predicted octanol–water partition coefficient (Wildman–Crippen LogP) is 3.13. The molecule has 156 valence electrons. The van der Waals surface area contributed by atoms with Crippen LogP contribution < -0.4 is 10.2 Å². The highest BCUT2D eigenvalue weighted by atomic mass is 16.6. The van der Waals surface area contributed by atoms with Crippen LogP contribution in [0.25, 0.3) is 0 Å². The number of nitrogens with zero attached hydrogens (tertiary/aromatic N) is 3. The molecule has 30 heavy (non-hydrogen) atoms. The molecule has 9 heteroatoms. The third-order valence-corrected chi connectivity index (χ3v) is 4.87. The van der Waals surface area contributed by atoms with E-state index in [1.54, 1.807) is 4.90 Å². The Hall–Kier alpha value is -3.75. The summed E-state index contributed by atoms with van der Waals surface area (Å²) in [6.45, 7) is 4.70. The lowest BCUT2D eigenvalue weighted by Gasteiger charge is -2.22. The van der Waals surface area contributed by atoms with E-state index in [4.69, 9.17) is 0 Å². The number of nitrogens with one attached hydrogen (secondary N) is 1. The molecule has 0 saturated carbocycles. The molecule has 0 aliphatic carbocycles. The van der Waals surface area contributed by atoms with Gasteiger partial charge in [0.15, 0.2) is 0 Å². The van der Waals surface area contributed by atoms with Crippen LogP contribution in [0.15, 0.2) is 42.5 Å². The van der Waals surface area contributed by atoms with Crippen molar-refractivity contribution < 1.29 is 19.3 Å². The highest BCUT2D eigenvalue weighted by molar-refractivity contribution is 6.21. The minimum Gasteiger partial charge on any atom is -0.338 e. The van der Waals surface area contributed by atoms with Crippen LogP contribution in [0, 0.1) is 17.0 Å². The number of anilines is 1. The van der Waals surface area contributed by atoms with Crippen LogP contribution in [-0.2, 0) is 0 Å². The maximum atomic E-state index is 12.5. The first-order chi connectivity index (χ1) is 14.3. The van der Waals surface area contributed by atoms with Crippen molar-refractivity contribution in [2.24, 2.45) is 0 Å². The van der Waals surface area contributed by atoms with Crippen LogP contribution >= 0.6 is 0 Å². The second kappa shape index (κ2) is 8.73. The molecule has 3 rings (SSSR count). The molecule has 1 heterocycles. The molecule has 0 aromatic heterocycles. The monoisotopic (exact) mass is 410 g/mol. The first-order valence-corrected chi connectivity index (χ1v) is 9.60. The van der Waals surface area contributed by atoms with Gasteiger partial charge in [-0.05, 0) is 44.0 Å². The van der Waals surface area contributed by atoms with E-state index in [1.807, 2.05) is 38.1 Å². The van der Waals surface area contributed by atoms with Crippen molar-refractivity contribution in [2.75, 3.05) is 24.5 Å².